The third-order valence-electron chi connectivity index (χ3n) is 13.8. The van der Waals surface area contributed by atoms with Gasteiger partial charge >= 0.3 is 19.5 Å². The first kappa shape index (κ1) is 66.5. The lowest BCUT2D eigenvalue weighted by Crippen LogP contribution is -2.29. The molecule has 0 saturated carbocycles. The Morgan fingerprint density at radius 1 is 0.287 bits per heavy atom. The molecule has 0 aliphatic carbocycles. The van der Waals surface area contributed by atoms with Crippen molar-refractivity contribution >= 4 is 156 Å². The van der Waals surface area contributed by atoms with Crippen LogP contribution >= 0.6 is 150 Å². The van der Waals surface area contributed by atoms with Crippen molar-refractivity contribution in [2.75, 3.05) is 0 Å². The fourth-order valence-corrected chi connectivity index (χ4v) is 75.4. The summed E-state index contributed by atoms with van der Waals surface area (Å²) in [6.45, 7) is -7.31. The Bertz CT molecular complexity index is 4270. The molecule has 2 atom stereocenters. The fourth-order valence-electron chi connectivity index (χ4n) is 9.92. The summed E-state index contributed by atoms with van der Waals surface area (Å²) in [5, 5.41) is 0. The summed E-state index contributed by atoms with van der Waals surface area (Å²) in [6, 6.07) is 105. The molecule has 470 valence electrons. The maximum atomic E-state index is 14.3. The van der Waals surface area contributed by atoms with Crippen LogP contribution in [0.4, 0.5) is 0 Å². The summed E-state index contributed by atoms with van der Waals surface area (Å²) in [6.07, 6.45) is 0. The molecular formula is C68H52Cl2N6O4P6S8. The van der Waals surface area contributed by atoms with Crippen LogP contribution in [0.2, 0.25) is 0 Å². The Morgan fingerprint density at radius 2 is 0.521 bits per heavy atom. The van der Waals surface area contributed by atoms with Crippen molar-refractivity contribution in [1.29, 1.82) is 0 Å². The topological polar surface area (TPSA) is 119 Å². The van der Waals surface area contributed by atoms with Gasteiger partial charge in [-0.2, -0.15) is 18.1 Å². The van der Waals surface area contributed by atoms with Gasteiger partial charge < -0.3 is 13.8 Å². The molecule has 3 heterocycles. The third kappa shape index (κ3) is 15.7. The van der Waals surface area contributed by atoms with Gasteiger partial charge in [0.2, 0.25) is 22.4 Å². The Balaban J connectivity index is 0.868. The predicted octanol–water partition coefficient (Wildman–Crippen LogP) is 29.4. The number of ether oxygens (including phenoxy) is 1. The van der Waals surface area contributed by atoms with Gasteiger partial charge in [0.05, 0.1) is 5.56 Å². The van der Waals surface area contributed by atoms with Crippen LogP contribution in [0, 0.1) is 0 Å². The van der Waals surface area contributed by atoms with E-state index in [0.29, 0.717) is 33.8 Å². The summed E-state index contributed by atoms with van der Waals surface area (Å²) in [7, 11) is 0. The van der Waals surface area contributed by atoms with E-state index in [9.17, 15) is 4.79 Å². The molecule has 0 radical (unpaired) electrons. The molecule has 14 rings (SSSR count). The zero-order valence-corrected chi connectivity index (χ0v) is 62.5. The van der Waals surface area contributed by atoms with Gasteiger partial charge in [-0.3, -0.25) is 0 Å². The standard InChI is InChI=1S/C68H52Cl2N6O4P6S8/c69-81(71-83(87-57-27-9-1-10-28-57,88-58-29-11-2-12-30-58)75-84(72-81,89-59-31-13-3-14-32-59)90-60-33-15-4-16-34-60)79-55-49-45-53(46-50-55)68(66-44-26-25-43-65(66)67(77)78-68)54-47-51-56(52-48-54)80-82(70)73-85(91-61-35-17-5-18-36-61,92-62-37-19-6-20-38-62)76-86(74-82,93-63-39-21-7-22-40-63)94-64-41-23-8-24-42-64/h1-52H. The van der Waals surface area contributed by atoms with Crippen LogP contribution < -0.4 is 9.05 Å². The van der Waals surface area contributed by atoms with E-state index in [-0.39, 0.29) is 0 Å². The smallest absolute Gasteiger partial charge is 0.349 e. The lowest BCUT2D eigenvalue weighted by atomic mass is 9.80. The zero-order valence-electron chi connectivity index (χ0n) is 49.0. The number of hydrogen-bond donors (Lipinski definition) is 0. The van der Waals surface area contributed by atoms with E-state index in [2.05, 4.69) is 97.1 Å². The van der Waals surface area contributed by atoms with Crippen LogP contribution in [0.25, 0.3) is 0 Å². The number of esters is 1. The molecule has 0 spiro atoms. The highest BCUT2D eigenvalue weighted by Gasteiger charge is 2.49. The Morgan fingerprint density at radius 3 is 0.787 bits per heavy atom. The van der Waals surface area contributed by atoms with Crippen molar-refractivity contribution in [2.24, 2.45) is 27.1 Å². The first-order valence-corrected chi connectivity index (χ1v) is 52.2. The minimum absolute atomic E-state index is 0.436. The molecule has 26 heteroatoms. The van der Waals surface area contributed by atoms with Crippen LogP contribution in [0.5, 0.6) is 11.5 Å². The summed E-state index contributed by atoms with van der Waals surface area (Å²) in [4.78, 5) is 22.3. The molecule has 0 fully saturated rings. The van der Waals surface area contributed by atoms with Crippen LogP contribution in [0.3, 0.4) is 0 Å². The molecule has 0 bridgehead atoms. The largest absolute Gasteiger partial charge is 0.441 e. The summed E-state index contributed by atoms with van der Waals surface area (Å²) in [5.41, 5.74) is -11.0. The first-order chi connectivity index (χ1) is 45.8. The lowest BCUT2D eigenvalue weighted by molar-refractivity contribution is 0.0251. The Kier molecular flexibility index (Phi) is 20.8. The SMILES string of the molecule is O=C1OC(c2ccc(OP3(Cl)=NP(Sc4ccccc4)(Sc4ccccc4)=NP(Sc4ccccc4)(Sc4ccccc4)=N3)cc2)(c2ccc(OP3(Cl)=NP(Sc4ccccc4)(Sc4ccccc4)=NP(Sc4ccccc4)(Sc4ccccc4)=N3)cc2)c2ccccc21. The predicted molar refractivity (Wildman–Crippen MR) is 412 cm³/mol. The summed E-state index contributed by atoms with van der Waals surface area (Å²) < 4.78 is 55.3. The van der Waals surface area contributed by atoms with Gasteiger partial charge in [-0.25, -0.2) is 13.8 Å². The maximum absolute atomic E-state index is 14.3. The third-order valence-corrected chi connectivity index (χ3v) is 60.7. The van der Waals surface area contributed by atoms with E-state index in [4.69, 9.17) is 63.4 Å². The van der Waals surface area contributed by atoms with Gasteiger partial charge in [0.25, 0.3) is 0 Å². The van der Waals surface area contributed by atoms with E-state index < -0.39 is 47.6 Å². The molecule has 11 aromatic carbocycles. The van der Waals surface area contributed by atoms with Crippen LogP contribution in [-0.4, -0.2) is 5.97 Å². The summed E-state index contributed by atoms with van der Waals surface area (Å²) in [5.74, 6) is 0.412. The van der Waals surface area contributed by atoms with Crippen molar-refractivity contribution in [3.05, 3.63) is 338 Å². The second-order valence-electron chi connectivity index (χ2n) is 20.5. The minimum Gasteiger partial charge on any atom is -0.441 e. The molecule has 0 amide bonds. The second-order valence-corrected chi connectivity index (χ2v) is 58.3. The van der Waals surface area contributed by atoms with E-state index in [1.807, 2.05) is 212 Å². The normalized spacial score (nSPS) is 20.2. The number of carbonyl (C=O) groups excluding carboxylic acids is 1. The highest BCUT2D eigenvalue weighted by molar-refractivity contribution is 8.97. The van der Waals surface area contributed by atoms with Crippen molar-refractivity contribution < 1.29 is 18.6 Å². The van der Waals surface area contributed by atoms with E-state index >= 15 is 0 Å². The highest BCUT2D eigenvalue weighted by Crippen LogP contribution is 2.97. The number of fused-ring (bicyclic) bond motifs is 1. The molecule has 0 saturated heterocycles. The van der Waals surface area contributed by atoms with E-state index in [0.717, 1.165) is 39.2 Å². The number of carbonyl (C=O) groups is 1. The van der Waals surface area contributed by atoms with Gasteiger partial charge in [-0.05, 0) is 241 Å². The van der Waals surface area contributed by atoms with Gasteiger partial charge in [0.1, 0.15) is 11.5 Å². The van der Waals surface area contributed by atoms with Gasteiger partial charge in [-0.15, -0.1) is 0 Å². The van der Waals surface area contributed by atoms with Gasteiger partial charge in [0, 0.05) is 55.9 Å². The molecule has 2 unspecified atom stereocenters. The lowest BCUT2D eigenvalue weighted by Gasteiger charge is -2.33. The number of halogens is 2. The van der Waals surface area contributed by atoms with Crippen molar-refractivity contribution in [3.63, 3.8) is 0 Å². The Hall–Kier alpha value is -4.75. The van der Waals surface area contributed by atoms with E-state index in [1.54, 1.807) is 97.1 Å². The molecule has 0 aromatic heterocycles. The number of rotatable bonds is 22. The monoisotopic (exact) mass is 1530 g/mol. The molecule has 0 N–H and O–H groups in total. The second kappa shape index (κ2) is 29.4. The molecule has 11 aromatic rings. The minimum atomic E-state index is -3.66. The Labute approximate surface area is 589 Å². The average Bonchev–Trinajstić information content (AvgIpc) is 1.16. The van der Waals surface area contributed by atoms with Crippen molar-refractivity contribution in [2.45, 2.75) is 44.8 Å². The zero-order chi connectivity index (χ0) is 64.0. The van der Waals surface area contributed by atoms with Crippen LogP contribution in [0.15, 0.2) is 382 Å². The van der Waals surface area contributed by atoms with Crippen molar-refractivity contribution in [1.82, 2.24) is 0 Å². The van der Waals surface area contributed by atoms with Crippen LogP contribution in [-0.2, 0) is 10.3 Å². The maximum Gasteiger partial charge on any atom is 0.349 e. The summed E-state index contributed by atoms with van der Waals surface area (Å²) >= 11 is 29.2. The quantitative estimate of drug-likeness (QED) is 0.0475. The molecule has 10 nitrogen and oxygen atoms in total. The average molecular weight is 1530 g/mol. The van der Waals surface area contributed by atoms with Gasteiger partial charge in [0.15, 0.2) is 5.60 Å². The number of benzene rings is 11. The molecule has 94 heavy (non-hydrogen) atoms. The molecular weight excluding hydrogens is 1480 g/mol. The van der Waals surface area contributed by atoms with Crippen LogP contribution in [0.1, 0.15) is 27.0 Å². The number of hydrogen-bond acceptors (Lipinski definition) is 18. The first-order valence-electron chi connectivity index (χ1n) is 29.0. The van der Waals surface area contributed by atoms with E-state index in [1.165, 1.54) is 0 Å². The number of nitrogens with zero attached hydrogens (tertiary/aromatic N) is 6. The molecule has 3 aliphatic heterocycles. The van der Waals surface area contributed by atoms with Crippen molar-refractivity contribution in [3.8, 4) is 11.5 Å². The fraction of sp³-hybridized carbons (Fsp3) is 0.0147. The molecule has 3 aliphatic rings. The highest BCUT2D eigenvalue weighted by atomic mass is 35.7. The number of cyclic esters (lactones) is 1. The van der Waals surface area contributed by atoms with Gasteiger partial charge in [-0.1, -0.05) is 188 Å².